The molecule has 0 radical (unpaired) electrons. The van der Waals surface area contributed by atoms with Crippen molar-refractivity contribution in [3.05, 3.63) is 48.3 Å². The maximum atomic E-state index is 13.3. The van der Waals surface area contributed by atoms with Gasteiger partial charge < -0.3 is 10.2 Å². The highest BCUT2D eigenvalue weighted by atomic mass is 19.1. The van der Waals surface area contributed by atoms with Crippen molar-refractivity contribution in [1.82, 2.24) is 10.2 Å². The van der Waals surface area contributed by atoms with Crippen LogP contribution in [0.2, 0.25) is 0 Å². The number of amides is 2. The predicted molar refractivity (Wildman–Crippen MR) is 70.7 cm³/mol. The molecule has 0 unspecified atom stereocenters. The van der Waals surface area contributed by atoms with Gasteiger partial charge in [-0.25, -0.2) is 4.39 Å². The lowest BCUT2D eigenvalue weighted by atomic mass is 10.2. The van der Waals surface area contributed by atoms with E-state index in [1.807, 2.05) is 0 Å². The highest BCUT2D eigenvalue weighted by Crippen LogP contribution is 2.05. The van der Waals surface area contributed by atoms with Gasteiger partial charge in [0.25, 0.3) is 0 Å². The lowest BCUT2D eigenvalue weighted by molar-refractivity contribution is -0.133. The van der Waals surface area contributed by atoms with E-state index in [2.05, 4.69) is 11.9 Å². The van der Waals surface area contributed by atoms with Crippen LogP contribution in [0.1, 0.15) is 12.5 Å². The summed E-state index contributed by atoms with van der Waals surface area (Å²) in [5, 5.41) is 2.58. The van der Waals surface area contributed by atoms with Gasteiger partial charge in [0.1, 0.15) is 5.82 Å². The van der Waals surface area contributed by atoms with Crippen LogP contribution >= 0.6 is 0 Å². The molecule has 1 rings (SSSR count). The number of hydrogen-bond donors (Lipinski definition) is 1. The fraction of sp³-hybridized carbons (Fsp3) is 0.286. The van der Waals surface area contributed by atoms with Gasteiger partial charge >= 0.3 is 0 Å². The first-order chi connectivity index (χ1) is 9.04. The minimum atomic E-state index is -0.364. The molecule has 102 valence electrons. The molecule has 5 heteroatoms. The first kappa shape index (κ1) is 14.9. The summed E-state index contributed by atoms with van der Waals surface area (Å²) in [6.07, 6.45) is 1.55. The Kier molecular flexibility index (Phi) is 5.73. The Morgan fingerprint density at radius 3 is 2.68 bits per heavy atom. The normalized spacial score (nSPS) is 9.79. The molecule has 0 atom stereocenters. The average molecular weight is 264 g/mol. The molecule has 0 aliphatic carbocycles. The molecular formula is C14H17FN2O2. The van der Waals surface area contributed by atoms with Gasteiger partial charge in [-0.1, -0.05) is 24.3 Å². The van der Waals surface area contributed by atoms with Crippen molar-refractivity contribution < 1.29 is 14.0 Å². The second kappa shape index (κ2) is 7.31. The fourth-order valence-corrected chi connectivity index (χ4v) is 1.53. The first-order valence-electron chi connectivity index (χ1n) is 5.91. The number of carbonyl (C=O) groups is 2. The smallest absolute Gasteiger partial charge is 0.239 e. The lowest BCUT2D eigenvalue weighted by Gasteiger charge is -2.18. The van der Waals surface area contributed by atoms with E-state index in [9.17, 15) is 14.0 Å². The van der Waals surface area contributed by atoms with Gasteiger partial charge in [-0.05, 0) is 6.07 Å². The SMILES string of the molecule is C=CCN(CC(=O)NCc1ccccc1F)C(C)=O. The van der Waals surface area contributed by atoms with Crippen molar-refractivity contribution in [3.63, 3.8) is 0 Å². The summed E-state index contributed by atoms with van der Waals surface area (Å²) in [7, 11) is 0. The number of carbonyl (C=O) groups excluding carboxylic acids is 2. The Morgan fingerprint density at radius 1 is 1.42 bits per heavy atom. The molecule has 2 amide bonds. The zero-order chi connectivity index (χ0) is 14.3. The number of nitrogens with one attached hydrogen (secondary N) is 1. The average Bonchev–Trinajstić information content (AvgIpc) is 2.37. The maximum Gasteiger partial charge on any atom is 0.239 e. The quantitative estimate of drug-likeness (QED) is 0.791. The molecule has 0 aliphatic heterocycles. The minimum absolute atomic E-state index is 0.0597. The molecule has 19 heavy (non-hydrogen) atoms. The van der Waals surface area contributed by atoms with E-state index in [1.54, 1.807) is 24.3 Å². The van der Waals surface area contributed by atoms with Crippen molar-refractivity contribution in [1.29, 1.82) is 0 Å². The Hall–Kier alpha value is -2.17. The van der Waals surface area contributed by atoms with Crippen LogP contribution in [0.3, 0.4) is 0 Å². The number of hydrogen-bond acceptors (Lipinski definition) is 2. The molecule has 0 saturated heterocycles. The molecule has 4 nitrogen and oxygen atoms in total. The molecule has 1 N–H and O–H groups in total. The van der Waals surface area contributed by atoms with E-state index in [-0.39, 0.29) is 30.7 Å². The van der Waals surface area contributed by atoms with Crippen LogP contribution < -0.4 is 5.32 Å². The van der Waals surface area contributed by atoms with Gasteiger partial charge in [0, 0.05) is 25.6 Å². The second-order valence-electron chi connectivity index (χ2n) is 4.06. The summed E-state index contributed by atoms with van der Waals surface area (Å²) in [6, 6.07) is 6.22. The van der Waals surface area contributed by atoms with E-state index >= 15 is 0 Å². The number of benzene rings is 1. The molecule has 0 heterocycles. The number of halogens is 1. The van der Waals surface area contributed by atoms with Crippen LogP contribution in [0.15, 0.2) is 36.9 Å². The van der Waals surface area contributed by atoms with Crippen LogP contribution in [-0.4, -0.2) is 29.8 Å². The summed E-state index contributed by atoms with van der Waals surface area (Å²) < 4.78 is 13.3. The Bertz CT molecular complexity index is 474. The topological polar surface area (TPSA) is 49.4 Å². The van der Waals surface area contributed by atoms with Crippen molar-refractivity contribution in [2.75, 3.05) is 13.1 Å². The summed E-state index contributed by atoms with van der Waals surface area (Å²) >= 11 is 0. The molecule has 0 spiro atoms. The molecule has 0 bridgehead atoms. The lowest BCUT2D eigenvalue weighted by Crippen LogP contribution is -2.39. The van der Waals surface area contributed by atoms with E-state index in [1.165, 1.54) is 17.9 Å². The largest absolute Gasteiger partial charge is 0.350 e. The zero-order valence-corrected chi connectivity index (χ0v) is 10.9. The third kappa shape index (κ3) is 4.91. The summed E-state index contributed by atoms with van der Waals surface area (Å²) in [5.74, 6) is -0.904. The Morgan fingerprint density at radius 2 is 2.11 bits per heavy atom. The molecular weight excluding hydrogens is 247 g/mol. The van der Waals surface area contributed by atoms with E-state index < -0.39 is 0 Å². The zero-order valence-electron chi connectivity index (χ0n) is 10.9. The van der Waals surface area contributed by atoms with Crippen LogP contribution in [0.25, 0.3) is 0 Å². The van der Waals surface area contributed by atoms with Crippen LogP contribution in [0.5, 0.6) is 0 Å². The van der Waals surface area contributed by atoms with Gasteiger partial charge in [-0.15, -0.1) is 6.58 Å². The molecule has 1 aromatic carbocycles. The van der Waals surface area contributed by atoms with E-state index in [4.69, 9.17) is 0 Å². The highest BCUT2D eigenvalue weighted by Gasteiger charge is 2.12. The van der Waals surface area contributed by atoms with Gasteiger partial charge in [-0.3, -0.25) is 9.59 Å². The standard InChI is InChI=1S/C14H17FN2O2/c1-3-8-17(11(2)18)10-14(19)16-9-12-6-4-5-7-13(12)15/h3-7H,1,8-10H2,2H3,(H,16,19). The molecule has 0 aromatic heterocycles. The van der Waals surface area contributed by atoms with Crippen LogP contribution in [0, 0.1) is 5.82 Å². The minimum Gasteiger partial charge on any atom is -0.350 e. The van der Waals surface area contributed by atoms with E-state index in [0.29, 0.717) is 12.1 Å². The Labute approximate surface area is 111 Å². The number of rotatable bonds is 6. The summed E-state index contributed by atoms with van der Waals surface area (Å²) in [4.78, 5) is 24.2. The number of nitrogens with zero attached hydrogens (tertiary/aromatic N) is 1. The molecule has 0 aliphatic rings. The van der Waals surface area contributed by atoms with Crippen molar-refractivity contribution >= 4 is 11.8 Å². The molecule has 0 saturated carbocycles. The molecule has 0 fully saturated rings. The van der Waals surface area contributed by atoms with Crippen molar-refractivity contribution in [2.24, 2.45) is 0 Å². The third-order valence-electron chi connectivity index (χ3n) is 2.56. The van der Waals surface area contributed by atoms with Gasteiger partial charge in [0.05, 0.1) is 6.54 Å². The summed E-state index contributed by atoms with van der Waals surface area (Å²) in [6.45, 7) is 5.25. The second-order valence-corrected chi connectivity index (χ2v) is 4.06. The highest BCUT2D eigenvalue weighted by molar-refractivity contribution is 5.83. The van der Waals surface area contributed by atoms with Crippen LogP contribution in [0.4, 0.5) is 4.39 Å². The summed E-state index contributed by atoms with van der Waals surface area (Å²) in [5.41, 5.74) is 0.411. The van der Waals surface area contributed by atoms with Gasteiger partial charge in [0.2, 0.25) is 11.8 Å². The third-order valence-corrected chi connectivity index (χ3v) is 2.56. The van der Waals surface area contributed by atoms with Gasteiger partial charge in [-0.2, -0.15) is 0 Å². The van der Waals surface area contributed by atoms with Crippen LogP contribution in [-0.2, 0) is 16.1 Å². The van der Waals surface area contributed by atoms with Gasteiger partial charge in [0.15, 0.2) is 0 Å². The predicted octanol–water partition coefficient (Wildman–Crippen LogP) is 1.48. The van der Waals surface area contributed by atoms with E-state index in [0.717, 1.165) is 0 Å². The van der Waals surface area contributed by atoms with Crippen molar-refractivity contribution in [2.45, 2.75) is 13.5 Å². The maximum absolute atomic E-state index is 13.3. The van der Waals surface area contributed by atoms with Crippen molar-refractivity contribution in [3.8, 4) is 0 Å². The monoisotopic (exact) mass is 264 g/mol. The first-order valence-corrected chi connectivity index (χ1v) is 5.91. The molecule has 1 aromatic rings. The fourth-order valence-electron chi connectivity index (χ4n) is 1.53. The Balaban J connectivity index is 2.49.